The standard InChI is InChI=1S/2C11H22.BrH.2H3N/c2*1-7-6-8(2)10(4)11(5)9(7)3;;;/h2*7-11H,6H2,1-5H3;1H;2*1H3. The molecule has 8 atom stereocenters. The largest absolute Gasteiger partial charge is 0.344 e. The molecule has 3 heteroatoms. The first-order valence-corrected chi connectivity index (χ1v) is 10.1. The van der Waals surface area contributed by atoms with E-state index in [4.69, 9.17) is 0 Å². The summed E-state index contributed by atoms with van der Waals surface area (Å²) in [6, 6.07) is 0. The van der Waals surface area contributed by atoms with Crippen molar-refractivity contribution in [2.24, 2.45) is 59.2 Å². The number of rotatable bonds is 0. The van der Waals surface area contributed by atoms with Crippen LogP contribution in [0.25, 0.3) is 0 Å². The second kappa shape index (κ2) is 12.7. The van der Waals surface area contributed by atoms with Crippen LogP contribution in [0.15, 0.2) is 0 Å². The minimum absolute atomic E-state index is 0. The molecular weight excluding hydrogens is 372 g/mol. The van der Waals surface area contributed by atoms with Crippen LogP contribution in [-0.2, 0) is 0 Å². The fourth-order valence-electron chi connectivity index (χ4n) is 5.06. The van der Waals surface area contributed by atoms with Gasteiger partial charge in [0.25, 0.3) is 0 Å². The lowest BCUT2D eigenvalue weighted by atomic mass is 9.65. The Hall–Kier alpha value is 0.400. The molecule has 0 radical (unpaired) electrons. The zero-order valence-electron chi connectivity index (χ0n) is 19.0. The summed E-state index contributed by atoms with van der Waals surface area (Å²) in [6.45, 7) is 24.1. The molecule has 0 aromatic carbocycles. The summed E-state index contributed by atoms with van der Waals surface area (Å²) in [7, 11) is 0. The van der Waals surface area contributed by atoms with E-state index in [1.54, 1.807) is 0 Å². The highest BCUT2D eigenvalue weighted by Gasteiger charge is 2.34. The van der Waals surface area contributed by atoms with Crippen molar-refractivity contribution >= 4 is 17.0 Å². The van der Waals surface area contributed by atoms with Crippen LogP contribution in [0, 0.1) is 59.2 Å². The lowest BCUT2D eigenvalue weighted by Crippen LogP contribution is -2.33. The summed E-state index contributed by atoms with van der Waals surface area (Å²) < 4.78 is 0. The van der Waals surface area contributed by atoms with Gasteiger partial charge in [-0.2, -0.15) is 0 Å². The lowest BCUT2D eigenvalue weighted by Gasteiger charge is -2.41. The predicted molar refractivity (Wildman–Crippen MR) is 121 cm³/mol. The smallest absolute Gasteiger partial charge is 0.0386 e. The number of halogens is 1. The first kappa shape index (κ1) is 30.1. The Morgan fingerprint density at radius 2 is 0.520 bits per heavy atom. The maximum atomic E-state index is 2.42. The van der Waals surface area contributed by atoms with E-state index in [-0.39, 0.29) is 29.3 Å². The van der Waals surface area contributed by atoms with Crippen molar-refractivity contribution in [3.05, 3.63) is 0 Å². The van der Waals surface area contributed by atoms with Crippen LogP contribution < -0.4 is 12.3 Å². The van der Waals surface area contributed by atoms with Gasteiger partial charge in [-0.3, -0.25) is 0 Å². The van der Waals surface area contributed by atoms with Crippen LogP contribution in [0.4, 0.5) is 0 Å². The maximum absolute atomic E-state index is 2.42. The third-order valence-corrected chi connectivity index (χ3v) is 8.39. The molecule has 0 aliphatic heterocycles. The molecule has 0 bridgehead atoms. The highest BCUT2D eigenvalue weighted by Crippen LogP contribution is 2.42. The summed E-state index contributed by atoms with van der Waals surface area (Å²) in [5.74, 6) is 9.34. The van der Waals surface area contributed by atoms with Crippen LogP contribution in [-0.4, -0.2) is 0 Å². The Morgan fingerprint density at radius 3 is 0.680 bits per heavy atom. The molecular formula is C22H51BrN2. The number of hydrogen-bond donors (Lipinski definition) is 2. The summed E-state index contributed by atoms with van der Waals surface area (Å²) in [6.07, 6.45) is 2.87. The Labute approximate surface area is 170 Å². The normalized spacial score (nSPS) is 46.3. The SMILES string of the molecule is Br.CC1CC(C)C(C)C(C)C1C.CC1CC(C)C(C)C(C)C1C.N.N. The molecule has 0 heterocycles. The Balaban J connectivity index is -0.000000346. The Bertz CT molecular complexity index is 276. The van der Waals surface area contributed by atoms with Crippen molar-refractivity contribution in [1.82, 2.24) is 12.3 Å². The first-order valence-electron chi connectivity index (χ1n) is 10.1. The first-order chi connectivity index (χ1) is 10.1. The van der Waals surface area contributed by atoms with E-state index in [1.165, 1.54) is 12.8 Å². The van der Waals surface area contributed by atoms with Gasteiger partial charge in [0.1, 0.15) is 0 Å². The maximum Gasteiger partial charge on any atom is -0.0386 e. The van der Waals surface area contributed by atoms with Crippen LogP contribution >= 0.6 is 17.0 Å². The van der Waals surface area contributed by atoms with E-state index in [1.807, 2.05) is 0 Å². The van der Waals surface area contributed by atoms with Gasteiger partial charge < -0.3 is 12.3 Å². The molecule has 2 fully saturated rings. The van der Waals surface area contributed by atoms with Crippen molar-refractivity contribution < 1.29 is 0 Å². The molecule has 2 nitrogen and oxygen atoms in total. The van der Waals surface area contributed by atoms with Crippen molar-refractivity contribution in [1.29, 1.82) is 0 Å². The van der Waals surface area contributed by atoms with Crippen LogP contribution in [0.5, 0.6) is 0 Å². The number of hydrogen-bond acceptors (Lipinski definition) is 2. The molecule has 6 N–H and O–H groups in total. The second-order valence-electron chi connectivity index (χ2n) is 9.54. The minimum Gasteiger partial charge on any atom is -0.344 e. The van der Waals surface area contributed by atoms with Gasteiger partial charge in [-0.05, 0) is 72.0 Å². The van der Waals surface area contributed by atoms with Gasteiger partial charge in [0.15, 0.2) is 0 Å². The third-order valence-electron chi connectivity index (χ3n) is 8.39. The quantitative estimate of drug-likeness (QED) is 0.414. The average molecular weight is 424 g/mol. The molecule has 156 valence electrons. The van der Waals surface area contributed by atoms with Gasteiger partial charge in [0, 0.05) is 0 Å². The molecule has 2 rings (SSSR count). The van der Waals surface area contributed by atoms with Gasteiger partial charge in [-0.25, -0.2) is 0 Å². The van der Waals surface area contributed by atoms with Gasteiger partial charge in [-0.15, -0.1) is 17.0 Å². The van der Waals surface area contributed by atoms with Gasteiger partial charge in [0.2, 0.25) is 0 Å². The summed E-state index contributed by atoms with van der Waals surface area (Å²) >= 11 is 0. The molecule has 8 unspecified atom stereocenters. The van der Waals surface area contributed by atoms with Crippen molar-refractivity contribution in [2.75, 3.05) is 0 Å². The Kier molecular flexibility index (Phi) is 15.3. The highest BCUT2D eigenvalue weighted by molar-refractivity contribution is 8.93. The molecule has 25 heavy (non-hydrogen) atoms. The van der Waals surface area contributed by atoms with Crippen LogP contribution in [0.3, 0.4) is 0 Å². The predicted octanol–water partition coefficient (Wildman–Crippen LogP) is 8.04. The van der Waals surface area contributed by atoms with E-state index in [0.717, 1.165) is 59.2 Å². The molecule has 2 saturated carbocycles. The molecule has 0 amide bonds. The van der Waals surface area contributed by atoms with Crippen LogP contribution in [0.1, 0.15) is 82.1 Å². The van der Waals surface area contributed by atoms with Crippen molar-refractivity contribution in [3.63, 3.8) is 0 Å². The fourth-order valence-corrected chi connectivity index (χ4v) is 5.06. The zero-order chi connectivity index (χ0) is 17.2. The van der Waals surface area contributed by atoms with E-state index in [0.29, 0.717) is 0 Å². The molecule has 2 aliphatic rings. The van der Waals surface area contributed by atoms with E-state index in [9.17, 15) is 0 Å². The van der Waals surface area contributed by atoms with Gasteiger partial charge in [-0.1, -0.05) is 69.2 Å². The zero-order valence-corrected chi connectivity index (χ0v) is 20.7. The van der Waals surface area contributed by atoms with Gasteiger partial charge in [0.05, 0.1) is 0 Å². The third kappa shape index (κ3) is 7.50. The second-order valence-corrected chi connectivity index (χ2v) is 9.54. The molecule has 0 aromatic heterocycles. The van der Waals surface area contributed by atoms with Gasteiger partial charge >= 0.3 is 0 Å². The lowest BCUT2D eigenvalue weighted by molar-refractivity contribution is 0.0855. The molecule has 2 aliphatic carbocycles. The van der Waals surface area contributed by atoms with Crippen LogP contribution in [0.2, 0.25) is 0 Å². The molecule has 0 saturated heterocycles. The monoisotopic (exact) mass is 422 g/mol. The van der Waals surface area contributed by atoms with Crippen molar-refractivity contribution in [2.45, 2.75) is 82.1 Å². The summed E-state index contributed by atoms with van der Waals surface area (Å²) in [5.41, 5.74) is 0. The fraction of sp³-hybridized carbons (Fsp3) is 1.00. The minimum atomic E-state index is 0. The average Bonchev–Trinajstić information content (AvgIpc) is 2.47. The van der Waals surface area contributed by atoms with Crippen molar-refractivity contribution in [3.8, 4) is 0 Å². The summed E-state index contributed by atoms with van der Waals surface area (Å²) in [5, 5.41) is 0. The molecule has 0 spiro atoms. The van der Waals surface area contributed by atoms with E-state index >= 15 is 0 Å². The highest BCUT2D eigenvalue weighted by atomic mass is 79.9. The Morgan fingerprint density at radius 1 is 0.360 bits per heavy atom. The molecule has 0 aromatic rings. The summed E-state index contributed by atoms with van der Waals surface area (Å²) in [4.78, 5) is 0. The van der Waals surface area contributed by atoms with E-state index in [2.05, 4.69) is 69.2 Å². The van der Waals surface area contributed by atoms with E-state index < -0.39 is 0 Å². The topological polar surface area (TPSA) is 70.0 Å².